The zero-order valence-corrected chi connectivity index (χ0v) is 10.4. The molecule has 0 spiro atoms. The highest BCUT2D eigenvalue weighted by atomic mass is 32.2. The maximum Gasteiger partial charge on any atom is 0.212 e. The van der Waals surface area contributed by atoms with Crippen molar-refractivity contribution in [2.75, 3.05) is 19.3 Å². The molecule has 0 aliphatic rings. The van der Waals surface area contributed by atoms with Crippen molar-refractivity contribution in [1.29, 1.82) is 0 Å². The van der Waals surface area contributed by atoms with E-state index >= 15 is 0 Å². The molecule has 0 bridgehead atoms. The van der Waals surface area contributed by atoms with Crippen LogP contribution in [0.3, 0.4) is 0 Å². The molecule has 1 heterocycles. The van der Waals surface area contributed by atoms with Crippen LogP contribution in [0.5, 0.6) is 0 Å². The van der Waals surface area contributed by atoms with Gasteiger partial charge in [-0.15, -0.1) is 0 Å². The molecule has 16 heavy (non-hydrogen) atoms. The third-order valence-corrected chi connectivity index (χ3v) is 3.63. The summed E-state index contributed by atoms with van der Waals surface area (Å²) in [7, 11) is -1.69. The summed E-state index contributed by atoms with van der Waals surface area (Å²) in [4.78, 5) is 0. The molecule has 1 atom stereocenters. The van der Waals surface area contributed by atoms with Crippen LogP contribution in [0.2, 0.25) is 0 Å². The summed E-state index contributed by atoms with van der Waals surface area (Å²) < 4.78 is 29.7. The molecule has 1 rings (SSSR count). The van der Waals surface area contributed by atoms with E-state index in [0.29, 0.717) is 6.54 Å². The van der Waals surface area contributed by atoms with Crippen LogP contribution in [0.15, 0.2) is 22.8 Å². The molecule has 1 aromatic heterocycles. The van der Waals surface area contributed by atoms with E-state index in [0.717, 1.165) is 12.2 Å². The third-order valence-electron chi connectivity index (χ3n) is 2.26. The van der Waals surface area contributed by atoms with Gasteiger partial charge in [-0.25, -0.2) is 13.1 Å². The van der Waals surface area contributed by atoms with Crippen LogP contribution < -0.4 is 10.0 Å². The summed E-state index contributed by atoms with van der Waals surface area (Å²) >= 11 is 0. The Morgan fingerprint density at radius 3 is 2.81 bits per heavy atom. The van der Waals surface area contributed by atoms with Gasteiger partial charge in [-0.05, 0) is 26.1 Å². The minimum atomic E-state index is -3.11. The standard InChI is InChI=1S/C10H18N2O3S/c1-9(8-10-4-3-6-15-10)12-5-7-16(13,14)11-2/h3-4,6,9,11-12H,5,7-8H2,1-2H3. The molecular weight excluding hydrogens is 228 g/mol. The van der Waals surface area contributed by atoms with Crippen molar-refractivity contribution in [3.63, 3.8) is 0 Å². The highest BCUT2D eigenvalue weighted by Crippen LogP contribution is 2.03. The fourth-order valence-electron chi connectivity index (χ4n) is 1.34. The average Bonchev–Trinajstić information content (AvgIpc) is 2.70. The topological polar surface area (TPSA) is 71.3 Å². The Hall–Kier alpha value is -0.850. The van der Waals surface area contributed by atoms with Crippen molar-refractivity contribution >= 4 is 10.0 Å². The van der Waals surface area contributed by atoms with Crippen LogP contribution in [0.25, 0.3) is 0 Å². The van der Waals surface area contributed by atoms with Gasteiger partial charge in [0.1, 0.15) is 5.76 Å². The molecule has 0 aromatic carbocycles. The van der Waals surface area contributed by atoms with E-state index in [1.165, 1.54) is 7.05 Å². The summed E-state index contributed by atoms with van der Waals surface area (Å²) in [6.45, 7) is 2.43. The first kappa shape index (κ1) is 13.2. The highest BCUT2D eigenvalue weighted by molar-refractivity contribution is 7.89. The van der Waals surface area contributed by atoms with Gasteiger partial charge in [0.2, 0.25) is 10.0 Å². The predicted molar refractivity (Wildman–Crippen MR) is 62.7 cm³/mol. The van der Waals surface area contributed by atoms with Gasteiger partial charge in [-0.1, -0.05) is 0 Å². The van der Waals surface area contributed by atoms with Gasteiger partial charge in [0.05, 0.1) is 12.0 Å². The second kappa shape index (κ2) is 6.03. The predicted octanol–water partition coefficient (Wildman–Crippen LogP) is 0.349. The Labute approximate surface area is 96.3 Å². The molecule has 1 unspecified atom stereocenters. The normalized spacial score (nSPS) is 13.9. The Morgan fingerprint density at radius 2 is 2.25 bits per heavy atom. The first-order valence-electron chi connectivity index (χ1n) is 5.20. The van der Waals surface area contributed by atoms with E-state index in [-0.39, 0.29) is 11.8 Å². The summed E-state index contributed by atoms with van der Waals surface area (Å²) in [5, 5.41) is 3.13. The Balaban J connectivity index is 2.23. The van der Waals surface area contributed by atoms with Crippen molar-refractivity contribution < 1.29 is 12.8 Å². The summed E-state index contributed by atoms with van der Waals surface area (Å²) in [6.07, 6.45) is 2.39. The van der Waals surface area contributed by atoms with Gasteiger partial charge in [-0.2, -0.15) is 0 Å². The highest BCUT2D eigenvalue weighted by Gasteiger charge is 2.09. The molecule has 0 amide bonds. The molecule has 5 nitrogen and oxygen atoms in total. The zero-order valence-electron chi connectivity index (χ0n) is 9.56. The Morgan fingerprint density at radius 1 is 1.50 bits per heavy atom. The first-order valence-corrected chi connectivity index (χ1v) is 6.85. The van der Waals surface area contributed by atoms with Crippen molar-refractivity contribution in [3.05, 3.63) is 24.2 Å². The van der Waals surface area contributed by atoms with E-state index < -0.39 is 10.0 Å². The second-order valence-corrected chi connectivity index (χ2v) is 5.71. The lowest BCUT2D eigenvalue weighted by molar-refractivity contribution is 0.462. The van der Waals surface area contributed by atoms with E-state index in [4.69, 9.17) is 4.42 Å². The quantitative estimate of drug-likeness (QED) is 0.728. The fourth-order valence-corrected chi connectivity index (χ4v) is 1.94. The monoisotopic (exact) mass is 246 g/mol. The van der Waals surface area contributed by atoms with Gasteiger partial charge in [0.25, 0.3) is 0 Å². The van der Waals surface area contributed by atoms with Crippen LogP contribution in [0.1, 0.15) is 12.7 Å². The smallest absolute Gasteiger partial charge is 0.212 e. The lowest BCUT2D eigenvalue weighted by Crippen LogP contribution is -2.35. The molecule has 1 aromatic rings. The number of furan rings is 1. The van der Waals surface area contributed by atoms with Crippen molar-refractivity contribution in [2.45, 2.75) is 19.4 Å². The number of hydrogen-bond donors (Lipinski definition) is 2. The lowest BCUT2D eigenvalue weighted by atomic mass is 10.2. The van der Waals surface area contributed by atoms with Gasteiger partial charge in [-0.3, -0.25) is 0 Å². The van der Waals surface area contributed by atoms with E-state index in [2.05, 4.69) is 10.0 Å². The van der Waals surface area contributed by atoms with Gasteiger partial charge < -0.3 is 9.73 Å². The summed E-state index contributed by atoms with van der Waals surface area (Å²) in [6, 6.07) is 3.94. The summed E-state index contributed by atoms with van der Waals surface area (Å²) in [5.41, 5.74) is 0. The van der Waals surface area contributed by atoms with E-state index in [1.54, 1.807) is 6.26 Å². The van der Waals surface area contributed by atoms with Crippen LogP contribution in [0, 0.1) is 0 Å². The minimum Gasteiger partial charge on any atom is -0.469 e. The number of hydrogen-bond acceptors (Lipinski definition) is 4. The molecule has 0 radical (unpaired) electrons. The van der Waals surface area contributed by atoms with Gasteiger partial charge in [0.15, 0.2) is 0 Å². The maximum absolute atomic E-state index is 11.1. The second-order valence-electron chi connectivity index (χ2n) is 3.66. The Kier molecular flexibility index (Phi) is 4.98. The van der Waals surface area contributed by atoms with Crippen molar-refractivity contribution in [2.24, 2.45) is 0 Å². The fraction of sp³-hybridized carbons (Fsp3) is 0.600. The van der Waals surface area contributed by atoms with Crippen LogP contribution >= 0.6 is 0 Å². The van der Waals surface area contributed by atoms with E-state index in [9.17, 15) is 8.42 Å². The SMILES string of the molecule is CNS(=O)(=O)CCNC(C)Cc1ccco1. The molecule has 0 saturated carbocycles. The summed E-state index contributed by atoms with van der Waals surface area (Å²) in [5.74, 6) is 0.989. The number of rotatable bonds is 7. The Bertz CT molecular complexity index is 386. The van der Waals surface area contributed by atoms with Crippen molar-refractivity contribution in [3.8, 4) is 0 Å². The molecule has 92 valence electrons. The van der Waals surface area contributed by atoms with Gasteiger partial charge in [0, 0.05) is 19.0 Å². The molecule has 6 heteroatoms. The molecule has 0 aliphatic heterocycles. The largest absolute Gasteiger partial charge is 0.469 e. The van der Waals surface area contributed by atoms with Crippen LogP contribution in [-0.2, 0) is 16.4 Å². The molecule has 2 N–H and O–H groups in total. The first-order chi connectivity index (χ1) is 7.53. The average molecular weight is 246 g/mol. The zero-order chi connectivity index (χ0) is 12.0. The third kappa shape index (κ3) is 4.78. The molecular formula is C10H18N2O3S. The van der Waals surface area contributed by atoms with Crippen molar-refractivity contribution in [1.82, 2.24) is 10.0 Å². The minimum absolute atomic E-state index is 0.0893. The number of sulfonamides is 1. The number of nitrogens with one attached hydrogen (secondary N) is 2. The van der Waals surface area contributed by atoms with Gasteiger partial charge >= 0.3 is 0 Å². The molecule has 0 aliphatic carbocycles. The molecule has 0 fully saturated rings. The lowest BCUT2D eigenvalue weighted by Gasteiger charge is -2.12. The van der Waals surface area contributed by atoms with E-state index in [1.807, 2.05) is 19.1 Å². The van der Waals surface area contributed by atoms with Crippen LogP contribution in [-0.4, -0.2) is 33.8 Å². The molecule has 0 saturated heterocycles. The van der Waals surface area contributed by atoms with Crippen LogP contribution in [0.4, 0.5) is 0 Å². The maximum atomic E-state index is 11.1.